The first kappa shape index (κ1) is 10.7. The standard InChI is InChI=1S/C13H14ClF/c14-8-2-1-3-10-4-5-11-6-7-12(15)9-13(10)11/h4,6-7,9H,1-3,5,8H2. The quantitative estimate of drug-likeness (QED) is 0.532. The smallest absolute Gasteiger partial charge is 0.123 e. The van der Waals surface area contributed by atoms with E-state index in [2.05, 4.69) is 6.08 Å². The Morgan fingerprint density at radius 1 is 1.27 bits per heavy atom. The highest BCUT2D eigenvalue weighted by Gasteiger charge is 2.13. The molecule has 1 aliphatic rings. The van der Waals surface area contributed by atoms with Gasteiger partial charge < -0.3 is 0 Å². The molecule has 0 N–H and O–H groups in total. The molecule has 80 valence electrons. The van der Waals surface area contributed by atoms with E-state index in [0.717, 1.165) is 31.2 Å². The number of halogens is 2. The molecule has 15 heavy (non-hydrogen) atoms. The third-order valence-electron chi connectivity index (χ3n) is 2.82. The van der Waals surface area contributed by atoms with Crippen molar-refractivity contribution < 1.29 is 4.39 Å². The normalized spacial score (nSPS) is 13.9. The second kappa shape index (κ2) is 4.80. The molecule has 1 aromatic carbocycles. The van der Waals surface area contributed by atoms with Crippen molar-refractivity contribution in [1.82, 2.24) is 0 Å². The minimum Gasteiger partial charge on any atom is -0.207 e. The highest BCUT2D eigenvalue weighted by atomic mass is 35.5. The average molecular weight is 225 g/mol. The predicted octanol–water partition coefficient (Wildman–Crippen LogP) is 4.17. The molecule has 0 spiro atoms. The fourth-order valence-corrected chi connectivity index (χ4v) is 2.20. The van der Waals surface area contributed by atoms with Crippen molar-refractivity contribution in [2.24, 2.45) is 0 Å². The molecule has 0 atom stereocenters. The van der Waals surface area contributed by atoms with Crippen LogP contribution in [0.4, 0.5) is 4.39 Å². The summed E-state index contributed by atoms with van der Waals surface area (Å²) < 4.78 is 13.1. The lowest BCUT2D eigenvalue weighted by Gasteiger charge is -2.05. The predicted molar refractivity (Wildman–Crippen MR) is 62.7 cm³/mol. The number of allylic oxidation sites excluding steroid dienone is 2. The van der Waals surface area contributed by atoms with Crippen LogP contribution in [0.5, 0.6) is 0 Å². The third-order valence-corrected chi connectivity index (χ3v) is 3.08. The van der Waals surface area contributed by atoms with Gasteiger partial charge in [0.1, 0.15) is 5.82 Å². The van der Waals surface area contributed by atoms with Crippen molar-refractivity contribution in [3.63, 3.8) is 0 Å². The number of hydrogen-bond acceptors (Lipinski definition) is 0. The van der Waals surface area contributed by atoms with Crippen molar-refractivity contribution in [1.29, 1.82) is 0 Å². The van der Waals surface area contributed by atoms with E-state index in [1.54, 1.807) is 6.07 Å². The molecule has 0 heterocycles. The van der Waals surface area contributed by atoms with Crippen molar-refractivity contribution in [2.45, 2.75) is 25.7 Å². The molecular formula is C13H14ClF. The molecule has 0 saturated heterocycles. The molecule has 1 aliphatic carbocycles. The van der Waals surface area contributed by atoms with Crippen LogP contribution in [0.2, 0.25) is 0 Å². The largest absolute Gasteiger partial charge is 0.207 e. The Morgan fingerprint density at radius 2 is 2.13 bits per heavy atom. The number of hydrogen-bond donors (Lipinski definition) is 0. The Morgan fingerprint density at radius 3 is 2.93 bits per heavy atom. The lowest BCUT2D eigenvalue weighted by molar-refractivity contribution is 0.626. The van der Waals surface area contributed by atoms with Gasteiger partial charge in [-0.05, 0) is 54.5 Å². The van der Waals surface area contributed by atoms with Crippen molar-refractivity contribution in [3.05, 3.63) is 41.2 Å². The number of fused-ring (bicyclic) bond motifs is 1. The summed E-state index contributed by atoms with van der Waals surface area (Å²) in [5, 5.41) is 0. The topological polar surface area (TPSA) is 0 Å². The molecule has 0 fully saturated rings. The molecule has 0 radical (unpaired) electrons. The number of alkyl halides is 1. The fraction of sp³-hybridized carbons (Fsp3) is 0.385. The van der Waals surface area contributed by atoms with Crippen LogP contribution >= 0.6 is 11.6 Å². The van der Waals surface area contributed by atoms with Crippen LogP contribution < -0.4 is 0 Å². The van der Waals surface area contributed by atoms with Crippen LogP contribution in [0.25, 0.3) is 5.57 Å². The number of benzene rings is 1. The van der Waals surface area contributed by atoms with Crippen molar-refractivity contribution in [2.75, 3.05) is 5.88 Å². The molecule has 0 aromatic heterocycles. The van der Waals surface area contributed by atoms with E-state index in [4.69, 9.17) is 11.6 Å². The first-order chi connectivity index (χ1) is 7.31. The van der Waals surface area contributed by atoms with E-state index in [0.29, 0.717) is 5.88 Å². The summed E-state index contributed by atoms with van der Waals surface area (Å²) >= 11 is 5.63. The minimum absolute atomic E-state index is 0.140. The highest BCUT2D eigenvalue weighted by Crippen LogP contribution is 2.31. The van der Waals surface area contributed by atoms with E-state index in [9.17, 15) is 4.39 Å². The molecule has 0 saturated carbocycles. The van der Waals surface area contributed by atoms with Gasteiger partial charge in [0, 0.05) is 5.88 Å². The Kier molecular flexibility index (Phi) is 3.42. The third kappa shape index (κ3) is 2.40. The Labute approximate surface area is 94.8 Å². The first-order valence-electron chi connectivity index (χ1n) is 5.35. The van der Waals surface area contributed by atoms with E-state index < -0.39 is 0 Å². The summed E-state index contributed by atoms with van der Waals surface area (Å²) in [5.41, 5.74) is 3.64. The SMILES string of the molecule is Fc1ccc2c(c1)C(CCCCCl)=CC2. The monoisotopic (exact) mass is 224 g/mol. The zero-order valence-electron chi connectivity index (χ0n) is 8.60. The lowest BCUT2D eigenvalue weighted by atomic mass is 10.0. The van der Waals surface area contributed by atoms with E-state index >= 15 is 0 Å². The summed E-state index contributed by atoms with van der Waals surface area (Å²) in [6, 6.07) is 5.07. The number of unbranched alkanes of at least 4 members (excludes halogenated alkanes) is 1. The van der Waals surface area contributed by atoms with Gasteiger partial charge in [-0.2, -0.15) is 0 Å². The average Bonchev–Trinajstić information content (AvgIpc) is 2.62. The molecule has 0 aliphatic heterocycles. The van der Waals surface area contributed by atoms with E-state index in [1.165, 1.54) is 17.2 Å². The van der Waals surface area contributed by atoms with Crippen LogP contribution in [0.3, 0.4) is 0 Å². The van der Waals surface area contributed by atoms with Crippen molar-refractivity contribution >= 4 is 17.2 Å². The summed E-state index contributed by atoms with van der Waals surface area (Å²) in [7, 11) is 0. The summed E-state index contributed by atoms with van der Waals surface area (Å²) in [6.45, 7) is 0. The second-order valence-electron chi connectivity index (χ2n) is 3.88. The van der Waals surface area contributed by atoms with Crippen molar-refractivity contribution in [3.8, 4) is 0 Å². The molecule has 0 unspecified atom stereocenters. The second-order valence-corrected chi connectivity index (χ2v) is 4.26. The maximum absolute atomic E-state index is 13.1. The number of rotatable bonds is 4. The molecule has 0 amide bonds. The first-order valence-corrected chi connectivity index (χ1v) is 5.88. The Hall–Kier alpha value is -0.820. The van der Waals surface area contributed by atoms with Gasteiger partial charge in [-0.3, -0.25) is 0 Å². The zero-order valence-corrected chi connectivity index (χ0v) is 9.36. The molecule has 0 nitrogen and oxygen atoms in total. The fourth-order valence-electron chi connectivity index (χ4n) is 2.02. The minimum atomic E-state index is -0.140. The van der Waals surface area contributed by atoms with Gasteiger partial charge in [-0.25, -0.2) is 4.39 Å². The van der Waals surface area contributed by atoms with Crippen LogP contribution in [-0.4, -0.2) is 5.88 Å². The van der Waals surface area contributed by atoms with Gasteiger partial charge in [0.25, 0.3) is 0 Å². The van der Waals surface area contributed by atoms with E-state index in [-0.39, 0.29) is 5.82 Å². The van der Waals surface area contributed by atoms with E-state index in [1.807, 2.05) is 6.07 Å². The zero-order chi connectivity index (χ0) is 10.7. The summed E-state index contributed by atoms with van der Waals surface area (Å²) in [4.78, 5) is 0. The maximum atomic E-state index is 13.1. The molecule has 1 aromatic rings. The molecule has 2 rings (SSSR count). The Balaban J connectivity index is 2.08. The molecular weight excluding hydrogens is 211 g/mol. The Bertz CT molecular complexity index is 382. The molecule has 0 bridgehead atoms. The summed E-state index contributed by atoms with van der Waals surface area (Å²) in [5.74, 6) is 0.572. The lowest BCUT2D eigenvalue weighted by Crippen LogP contribution is -1.87. The van der Waals surface area contributed by atoms with Gasteiger partial charge in [-0.1, -0.05) is 12.1 Å². The van der Waals surface area contributed by atoms with Crippen LogP contribution in [0.1, 0.15) is 30.4 Å². The molecule has 2 heteroatoms. The van der Waals surface area contributed by atoms with Gasteiger partial charge in [0.05, 0.1) is 0 Å². The van der Waals surface area contributed by atoms with Gasteiger partial charge in [0.15, 0.2) is 0 Å². The van der Waals surface area contributed by atoms with Gasteiger partial charge >= 0.3 is 0 Å². The van der Waals surface area contributed by atoms with Crippen LogP contribution in [-0.2, 0) is 6.42 Å². The van der Waals surface area contributed by atoms with Gasteiger partial charge in [0.2, 0.25) is 0 Å². The maximum Gasteiger partial charge on any atom is 0.123 e. The summed E-state index contributed by atoms with van der Waals surface area (Å²) in [6.07, 6.45) is 6.29. The van der Waals surface area contributed by atoms with Gasteiger partial charge in [-0.15, -0.1) is 11.6 Å². The van der Waals surface area contributed by atoms with Crippen LogP contribution in [0.15, 0.2) is 24.3 Å². The van der Waals surface area contributed by atoms with Crippen LogP contribution in [0, 0.1) is 5.82 Å². The highest BCUT2D eigenvalue weighted by molar-refractivity contribution is 6.17.